The predicted octanol–water partition coefficient (Wildman–Crippen LogP) is 7.22. The van der Waals surface area contributed by atoms with E-state index in [0.29, 0.717) is 0 Å². The van der Waals surface area contributed by atoms with Crippen molar-refractivity contribution in [3.8, 4) is 0 Å². The predicted molar refractivity (Wildman–Crippen MR) is 175 cm³/mol. The first-order valence-electron chi connectivity index (χ1n) is 16.2. The Morgan fingerprint density at radius 3 is 1.12 bits per heavy atom. The Hall–Kier alpha value is 1.42. The Labute approximate surface area is 251 Å². The van der Waals surface area contributed by atoms with Crippen molar-refractivity contribution in [2.45, 2.75) is 151 Å². The first-order chi connectivity index (χ1) is 18.6. The van der Waals surface area contributed by atoms with Gasteiger partial charge in [0.25, 0.3) is 0 Å². The molecular weight excluding hydrogens is 641 g/mol. The largest absolute Gasteiger partial charge is 0.433 e. The Bertz CT molecular complexity index is 979. The van der Waals surface area contributed by atoms with Crippen molar-refractivity contribution in [2.24, 2.45) is 0 Å². The maximum atomic E-state index is 7.42. The normalized spacial score (nSPS) is 56.0. The van der Waals surface area contributed by atoms with Gasteiger partial charge in [0.15, 0.2) is 0 Å². The van der Waals surface area contributed by atoms with Gasteiger partial charge in [-0.3, -0.25) is 0 Å². The minimum atomic E-state index is -2.53. The molecule has 0 radical (unpaired) electrons. The molecule has 7 heterocycles. The van der Waals surface area contributed by atoms with E-state index in [-0.39, 0.29) is 5.35 Å². The van der Waals surface area contributed by atoms with Crippen LogP contribution in [0.15, 0.2) is 0 Å². The Kier molecular flexibility index (Phi) is 8.44. The summed E-state index contributed by atoms with van der Waals surface area (Å²) in [5.41, 5.74) is 0. The van der Waals surface area contributed by atoms with Crippen molar-refractivity contribution in [3.05, 3.63) is 0 Å². The van der Waals surface area contributed by atoms with Crippen molar-refractivity contribution >= 4 is 68.2 Å². The van der Waals surface area contributed by atoms with E-state index in [1.807, 2.05) is 0 Å². The van der Waals surface area contributed by atoms with Crippen molar-refractivity contribution < 1.29 is 33.2 Å². The number of hydrogen-bond acceptors (Lipinski definition) is 8. The van der Waals surface area contributed by atoms with E-state index >= 15 is 0 Å². The van der Waals surface area contributed by atoms with Crippen molar-refractivity contribution in [3.63, 3.8) is 0 Å². The highest BCUT2D eigenvalue weighted by Gasteiger charge is 2.73. The number of hydrogen-bond donors (Lipinski definition) is 0. The van der Waals surface area contributed by atoms with Crippen molar-refractivity contribution in [2.75, 3.05) is 0 Å². The fourth-order valence-electron chi connectivity index (χ4n) is 8.78. The first-order valence-corrected chi connectivity index (χ1v) is 36.1. The van der Waals surface area contributed by atoms with Gasteiger partial charge in [0.05, 0.1) is 0 Å². The average Bonchev–Trinajstić information content (AvgIpc) is 2.89. The molecule has 16 heteroatoms. The van der Waals surface area contributed by atoms with Gasteiger partial charge in [-0.25, -0.2) is 0 Å². The molecule has 7 saturated heterocycles. The maximum Gasteiger partial charge on any atom is 0.347 e. The summed E-state index contributed by atoms with van der Waals surface area (Å²) in [4.78, 5) is 0. The molecule has 0 saturated carbocycles. The van der Waals surface area contributed by atoms with Crippen LogP contribution in [0.25, 0.3) is 0 Å². The minimum Gasteiger partial charge on any atom is -0.433 e. The summed E-state index contributed by atoms with van der Waals surface area (Å²) in [6.45, 7) is 16.5. The Morgan fingerprint density at radius 2 is 0.675 bits per heavy atom. The molecule has 9 atom stereocenters. The van der Waals surface area contributed by atoms with Crippen LogP contribution in [0.4, 0.5) is 0 Å². The molecule has 7 aliphatic rings. The molecule has 1 spiro atoms. The first kappa shape index (κ1) is 31.4. The Balaban J connectivity index is 1.50. The molecule has 0 aromatic heterocycles. The van der Waals surface area contributed by atoms with Gasteiger partial charge in [0, 0.05) is 0 Å². The van der Waals surface area contributed by atoms with Crippen LogP contribution in [-0.4, -0.2) is 73.6 Å². The summed E-state index contributed by atoms with van der Waals surface area (Å²) < 4.78 is 58.8. The zero-order valence-electron chi connectivity index (χ0n) is 26.2. The summed E-state index contributed by atoms with van der Waals surface area (Å²) in [6, 6.07) is 8.17. The van der Waals surface area contributed by atoms with Crippen LogP contribution in [0, 0.1) is 0 Å². The van der Waals surface area contributed by atoms with E-state index in [1.54, 1.807) is 0 Å². The average molecular weight is 695 g/mol. The maximum absolute atomic E-state index is 7.42. The summed E-state index contributed by atoms with van der Waals surface area (Å²) >= 11 is 0. The molecule has 230 valence electrons. The summed E-state index contributed by atoms with van der Waals surface area (Å²) in [7, 11) is -19.6. The monoisotopic (exact) mass is 694 g/mol. The standard InChI is InChI=1S/C24H54O8Si8/c1-33-16-8-9-18-35(3)28-36(4)19-11-10-17-34(2)25-24(33)40(26-33)23-15-14-21-38(6,29-35)31-37(5,30-36)20-12-13-22-39(7,27-34)32-40/h24H,8-23H2,1-7H3/t24?,33?,34-,35-,36?,37-,38?,39?,40?/m0/s1. The van der Waals surface area contributed by atoms with Crippen LogP contribution in [0.1, 0.15) is 51.4 Å². The van der Waals surface area contributed by atoms with Gasteiger partial charge in [0.1, 0.15) is 5.35 Å². The zero-order valence-corrected chi connectivity index (χ0v) is 34.2. The lowest BCUT2D eigenvalue weighted by Crippen LogP contribution is -2.81. The molecule has 0 aromatic rings. The molecule has 7 aliphatic heterocycles. The summed E-state index contributed by atoms with van der Waals surface area (Å²) in [6.07, 6.45) is 8.74. The van der Waals surface area contributed by atoms with Crippen LogP contribution in [0.2, 0.25) is 94.2 Å². The van der Waals surface area contributed by atoms with Crippen molar-refractivity contribution in [1.82, 2.24) is 0 Å². The van der Waals surface area contributed by atoms with Crippen LogP contribution in [0.5, 0.6) is 0 Å². The lowest BCUT2D eigenvalue weighted by atomic mass is 10.4. The topological polar surface area (TPSA) is 73.8 Å². The molecule has 6 unspecified atom stereocenters. The third-order valence-electron chi connectivity index (χ3n) is 10.3. The number of rotatable bonds is 0. The van der Waals surface area contributed by atoms with Gasteiger partial charge in [-0.05, 0) is 94.2 Å². The van der Waals surface area contributed by atoms with Crippen molar-refractivity contribution in [1.29, 1.82) is 0 Å². The molecule has 0 N–H and O–H groups in total. The fraction of sp³-hybridized carbons (Fsp3) is 1.00. The highest BCUT2D eigenvalue weighted by molar-refractivity contribution is 7.07. The fourth-order valence-corrected chi connectivity index (χ4v) is 59.6. The molecule has 40 heavy (non-hydrogen) atoms. The minimum absolute atomic E-state index is 0.220. The van der Waals surface area contributed by atoms with Gasteiger partial charge < -0.3 is 33.2 Å². The molecule has 8 nitrogen and oxygen atoms in total. The van der Waals surface area contributed by atoms with Crippen LogP contribution < -0.4 is 0 Å². The van der Waals surface area contributed by atoms with Gasteiger partial charge in [-0.1, -0.05) is 51.4 Å². The highest BCUT2D eigenvalue weighted by Crippen LogP contribution is 2.52. The third kappa shape index (κ3) is 6.26. The van der Waals surface area contributed by atoms with Gasteiger partial charge in [0.2, 0.25) is 8.32 Å². The molecular formula is C24H54O8Si8. The van der Waals surface area contributed by atoms with E-state index in [9.17, 15) is 0 Å². The number of fused-ring (bicyclic) bond motifs is 8. The second-order valence-corrected chi connectivity index (χ2v) is 44.4. The van der Waals surface area contributed by atoms with Gasteiger partial charge in [-0.2, -0.15) is 0 Å². The Morgan fingerprint density at radius 1 is 0.350 bits per heavy atom. The van der Waals surface area contributed by atoms with E-state index < -0.39 is 68.2 Å². The second kappa shape index (κ2) is 10.8. The van der Waals surface area contributed by atoms with Crippen LogP contribution in [0.3, 0.4) is 0 Å². The lowest BCUT2D eigenvalue weighted by Gasteiger charge is -2.58. The SMILES string of the molecule is C[Si]12CCCC[Si]34O[Si]5(C)CCCC[Si@](C)(O1)O[Si]1(C)CCCC[Si@@](C)(OC3[Si](C)(CCCC[Si@](C)(O2)O1)O4)O5. The van der Waals surface area contributed by atoms with Gasteiger partial charge >= 0.3 is 59.9 Å². The zero-order chi connectivity index (χ0) is 28.5. The molecule has 7 fully saturated rings. The van der Waals surface area contributed by atoms with Crippen LogP contribution in [-0.2, 0) is 33.2 Å². The van der Waals surface area contributed by atoms with E-state index in [0.717, 1.165) is 99.7 Å². The van der Waals surface area contributed by atoms with E-state index in [2.05, 4.69) is 45.8 Å². The second-order valence-electron chi connectivity index (χ2n) is 15.0. The lowest BCUT2D eigenvalue weighted by molar-refractivity contribution is 0.177. The van der Waals surface area contributed by atoms with E-state index in [1.165, 1.54) is 0 Å². The molecule has 0 aromatic carbocycles. The smallest absolute Gasteiger partial charge is 0.347 e. The summed E-state index contributed by atoms with van der Waals surface area (Å²) in [5, 5.41) is 0.220. The molecule has 0 aliphatic carbocycles. The van der Waals surface area contributed by atoms with Crippen LogP contribution >= 0.6 is 0 Å². The van der Waals surface area contributed by atoms with E-state index in [4.69, 9.17) is 33.2 Å². The molecule has 8 bridgehead atoms. The highest BCUT2D eigenvalue weighted by atomic mass is 28.5. The molecule has 0 amide bonds. The quantitative estimate of drug-likeness (QED) is 0.246. The third-order valence-corrected chi connectivity index (χ3v) is 50.4. The summed E-state index contributed by atoms with van der Waals surface area (Å²) in [5.74, 6) is 0. The molecule has 7 rings (SSSR count). The van der Waals surface area contributed by atoms with Gasteiger partial charge in [-0.15, -0.1) is 0 Å².